The third-order valence-electron chi connectivity index (χ3n) is 6.32. The third-order valence-corrected chi connectivity index (χ3v) is 6.32. The molecule has 0 saturated carbocycles. The lowest BCUT2D eigenvalue weighted by Crippen LogP contribution is -2.56. The summed E-state index contributed by atoms with van der Waals surface area (Å²) in [4.78, 5) is 14.1. The average molecular weight is 319 g/mol. The highest BCUT2D eigenvalue weighted by Crippen LogP contribution is 2.46. The lowest BCUT2D eigenvalue weighted by molar-refractivity contribution is -0.138. The molecule has 24 heavy (non-hydrogen) atoms. The minimum Gasteiger partial charge on any atom is -0.342 e. The molecule has 2 aromatic carbocycles. The number of aryl methyl sites for hydroxylation is 2. The van der Waals surface area contributed by atoms with Gasteiger partial charge in [0.2, 0.25) is 5.91 Å². The van der Waals surface area contributed by atoms with Gasteiger partial charge in [0.05, 0.1) is 0 Å². The Labute approximate surface area is 144 Å². The first-order valence-corrected chi connectivity index (χ1v) is 8.96. The maximum absolute atomic E-state index is 12.1. The van der Waals surface area contributed by atoms with Gasteiger partial charge in [-0.3, -0.25) is 4.79 Å². The Hall–Kier alpha value is -2.09. The van der Waals surface area contributed by atoms with Crippen LogP contribution in [-0.2, 0) is 16.6 Å². The van der Waals surface area contributed by atoms with Crippen molar-refractivity contribution in [3.63, 3.8) is 0 Å². The van der Waals surface area contributed by atoms with Crippen LogP contribution in [0.2, 0.25) is 0 Å². The van der Waals surface area contributed by atoms with Crippen molar-refractivity contribution in [1.29, 1.82) is 0 Å². The molecule has 4 rings (SSSR count). The number of likely N-dealkylation sites (tertiary alicyclic amines) is 1. The molecule has 124 valence electrons. The van der Waals surface area contributed by atoms with Gasteiger partial charge in [0.1, 0.15) is 0 Å². The van der Waals surface area contributed by atoms with Crippen molar-refractivity contribution in [3.8, 4) is 11.1 Å². The van der Waals surface area contributed by atoms with Crippen LogP contribution in [-0.4, -0.2) is 23.9 Å². The maximum atomic E-state index is 12.1. The predicted molar refractivity (Wildman–Crippen MR) is 98.1 cm³/mol. The van der Waals surface area contributed by atoms with Crippen molar-refractivity contribution in [2.75, 3.05) is 7.05 Å². The molecule has 1 fully saturated rings. The van der Waals surface area contributed by atoms with Crippen LogP contribution in [0, 0.1) is 6.92 Å². The zero-order valence-electron chi connectivity index (χ0n) is 14.8. The van der Waals surface area contributed by atoms with Crippen LogP contribution in [0.5, 0.6) is 0 Å². The van der Waals surface area contributed by atoms with Crippen LogP contribution in [0.1, 0.15) is 42.9 Å². The Bertz CT molecular complexity index is 809. The van der Waals surface area contributed by atoms with E-state index in [1.54, 1.807) is 0 Å². The number of amides is 1. The molecule has 1 aliphatic carbocycles. The highest BCUT2D eigenvalue weighted by atomic mass is 16.2. The van der Waals surface area contributed by atoms with E-state index in [0.29, 0.717) is 18.4 Å². The number of hydrogen-bond donors (Lipinski definition) is 0. The van der Waals surface area contributed by atoms with Gasteiger partial charge in [0, 0.05) is 24.9 Å². The molecular weight excluding hydrogens is 294 g/mol. The summed E-state index contributed by atoms with van der Waals surface area (Å²) < 4.78 is 0. The summed E-state index contributed by atoms with van der Waals surface area (Å²) >= 11 is 0. The standard InChI is InChI=1S/C22H25NO/c1-15-6-4-5-7-18(15)16-8-10-19-17(14-16)9-11-20-22(19,2)13-12-21(24)23(20)3/h4-8,10,14,20H,9,11-13H2,1-3H3/t20?,22-/m1/s1. The van der Waals surface area contributed by atoms with Crippen LogP contribution in [0.3, 0.4) is 0 Å². The number of carbonyl (C=O) groups excluding carboxylic acids is 1. The van der Waals surface area contributed by atoms with Gasteiger partial charge in [-0.1, -0.05) is 49.4 Å². The largest absolute Gasteiger partial charge is 0.342 e. The van der Waals surface area contributed by atoms with Gasteiger partial charge < -0.3 is 4.90 Å². The van der Waals surface area contributed by atoms with Crippen LogP contribution < -0.4 is 0 Å². The van der Waals surface area contributed by atoms with Crippen molar-refractivity contribution in [2.45, 2.75) is 51.0 Å². The van der Waals surface area contributed by atoms with Crippen molar-refractivity contribution < 1.29 is 4.79 Å². The Kier molecular flexibility index (Phi) is 3.52. The van der Waals surface area contributed by atoms with Crippen molar-refractivity contribution in [2.24, 2.45) is 0 Å². The molecule has 1 aliphatic heterocycles. The molecule has 2 atom stereocenters. The Morgan fingerprint density at radius 1 is 1.12 bits per heavy atom. The summed E-state index contributed by atoms with van der Waals surface area (Å²) in [6.45, 7) is 4.53. The smallest absolute Gasteiger partial charge is 0.222 e. The first-order chi connectivity index (χ1) is 11.5. The molecule has 0 aromatic heterocycles. The molecule has 0 bridgehead atoms. The maximum Gasteiger partial charge on any atom is 0.222 e. The number of rotatable bonds is 1. The lowest BCUT2D eigenvalue weighted by Gasteiger charge is -2.50. The van der Waals surface area contributed by atoms with Crippen LogP contribution in [0.4, 0.5) is 0 Å². The van der Waals surface area contributed by atoms with Gasteiger partial charge in [-0.2, -0.15) is 0 Å². The zero-order chi connectivity index (χ0) is 16.9. The number of benzene rings is 2. The molecule has 2 nitrogen and oxygen atoms in total. The molecule has 0 spiro atoms. The third kappa shape index (κ3) is 2.20. The fraction of sp³-hybridized carbons (Fsp3) is 0.409. The molecule has 0 N–H and O–H groups in total. The number of fused-ring (bicyclic) bond motifs is 3. The molecular formula is C22H25NO. The number of nitrogens with zero attached hydrogens (tertiary/aromatic N) is 1. The van der Waals surface area contributed by atoms with E-state index in [0.717, 1.165) is 19.3 Å². The van der Waals surface area contributed by atoms with Gasteiger partial charge in [-0.05, 0) is 54.0 Å². The first kappa shape index (κ1) is 15.4. The molecule has 1 unspecified atom stereocenters. The second-order valence-corrected chi connectivity index (χ2v) is 7.66. The van der Waals surface area contributed by atoms with Gasteiger partial charge in [0.15, 0.2) is 0 Å². The van der Waals surface area contributed by atoms with Crippen molar-refractivity contribution in [3.05, 3.63) is 59.2 Å². The average Bonchev–Trinajstić information content (AvgIpc) is 2.59. The number of likely N-dealkylation sites (N-methyl/N-ethyl adjacent to an activating group) is 1. The van der Waals surface area contributed by atoms with Gasteiger partial charge in [0.25, 0.3) is 0 Å². The van der Waals surface area contributed by atoms with E-state index in [9.17, 15) is 4.79 Å². The van der Waals surface area contributed by atoms with E-state index in [-0.39, 0.29) is 5.41 Å². The minimum absolute atomic E-state index is 0.0977. The van der Waals surface area contributed by atoms with E-state index in [1.165, 1.54) is 27.8 Å². The number of piperidine rings is 1. The van der Waals surface area contributed by atoms with E-state index in [2.05, 4.69) is 56.3 Å². The van der Waals surface area contributed by atoms with Gasteiger partial charge >= 0.3 is 0 Å². The lowest BCUT2D eigenvalue weighted by atomic mass is 9.63. The Balaban J connectivity index is 1.78. The molecule has 2 heteroatoms. The van der Waals surface area contributed by atoms with E-state index < -0.39 is 0 Å². The Morgan fingerprint density at radius 3 is 2.71 bits per heavy atom. The fourth-order valence-corrected chi connectivity index (χ4v) is 4.85. The second-order valence-electron chi connectivity index (χ2n) is 7.66. The number of carbonyl (C=O) groups is 1. The van der Waals surface area contributed by atoms with Crippen LogP contribution >= 0.6 is 0 Å². The van der Waals surface area contributed by atoms with Gasteiger partial charge in [-0.25, -0.2) is 0 Å². The zero-order valence-corrected chi connectivity index (χ0v) is 14.8. The van der Waals surface area contributed by atoms with Crippen LogP contribution in [0.25, 0.3) is 11.1 Å². The predicted octanol–water partition coefficient (Wildman–Crippen LogP) is 4.49. The van der Waals surface area contributed by atoms with Gasteiger partial charge in [-0.15, -0.1) is 0 Å². The van der Waals surface area contributed by atoms with E-state index >= 15 is 0 Å². The summed E-state index contributed by atoms with van der Waals surface area (Å²) in [6.07, 6.45) is 3.77. The molecule has 0 radical (unpaired) electrons. The Morgan fingerprint density at radius 2 is 1.92 bits per heavy atom. The minimum atomic E-state index is 0.0977. The summed E-state index contributed by atoms with van der Waals surface area (Å²) in [6, 6.07) is 15.9. The quantitative estimate of drug-likeness (QED) is 0.758. The molecule has 2 aromatic rings. The molecule has 1 heterocycles. The summed E-state index contributed by atoms with van der Waals surface area (Å²) in [5, 5.41) is 0. The van der Waals surface area contributed by atoms with Crippen LogP contribution in [0.15, 0.2) is 42.5 Å². The van der Waals surface area contributed by atoms with E-state index in [4.69, 9.17) is 0 Å². The summed E-state index contributed by atoms with van der Waals surface area (Å²) in [5.41, 5.74) is 6.98. The molecule has 1 amide bonds. The monoisotopic (exact) mass is 319 g/mol. The second kappa shape index (κ2) is 5.47. The molecule has 2 aliphatic rings. The highest BCUT2D eigenvalue weighted by Gasteiger charge is 2.46. The highest BCUT2D eigenvalue weighted by molar-refractivity contribution is 5.78. The fourth-order valence-electron chi connectivity index (χ4n) is 4.85. The first-order valence-electron chi connectivity index (χ1n) is 8.96. The normalized spacial score (nSPS) is 26.0. The molecule has 1 saturated heterocycles. The number of hydrogen-bond acceptors (Lipinski definition) is 1. The van der Waals surface area contributed by atoms with E-state index in [1.807, 2.05) is 11.9 Å². The SMILES string of the molecule is Cc1ccccc1-c1ccc2c(c1)CCC1N(C)C(=O)CC[C@]21C. The topological polar surface area (TPSA) is 20.3 Å². The summed E-state index contributed by atoms with van der Waals surface area (Å²) in [5.74, 6) is 0.303. The van der Waals surface area contributed by atoms with Crippen molar-refractivity contribution in [1.82, 2.24) is 4.90 Å². The summed E-state index contributed by atoms with van der Waals surface area (Å²) in [7, 11) is 1.98. The van der Waals surface area contributed by atoms with Crippen molar-refractivity contribution >= 4 is 5.91 Å².